The van der Waals surface area contributed by atoms with Crippen LogP contribution in [0.4, 0.5) is 0 Å². The fraction of sp³-hybridized carbons (Fsp3) is 0. The molecule has 0 aromatic rings. The van der Waals surface area contributed by atoms with E-state index in [4.69, 9.17) is 17.5 Å². The Balaban J connectivity index is 0. The summed E-state index contributed by atoms with van der Waals surface area (Å²) in [6.07, 6.45) is 0. The van der Waals surface area contributed by atoms with Crippen molar-refractivity contribution in [3.63, 3.8) is 0 Å². The molecule has 0 radical (unpaired) electrons. The molecule has 0 saturated carbocycles. The Labute approximate surface area is 59.5 Å². The average molecular weight is 231 g/mol. The first kappa shape index (κ1) is 11.5. The Morgan fingerprint density at radius 2 is 1.12 bits per heavy atom. The Bertz CT molecular complexity index is 30.0. The zero-order valence-electron chi connectivity index (χ0n) is 3.99. The Kier molecular flexibility index (Phi) is 11.0. The second-order valence-corrected chi connectivity index (χ2v) is 3.38. The third-order valence-corrected chi connectivity index (χ3v) is 1.81. The molecule has 0 aliphatic carbocycles. The van der Waals surface area contributed by atoms with E-state index in [1.807, 2.05) is 0 Å². The molecule has 0 bridgehead atoms. The normalized spacial score (nSPS) is 10.1. The molecule has 0 fully saturated rings. The van der Waals surface area contributed by atoms with Crippen LogP contribution < -0.4 is 30.0 Å². The number of hydrazine groups is 3. The van der Waals surface area contributed by atoms with Gasteiger partial charge in [0.1, 0.15) is 0 Å². The van der Waals surface area contributed by atoms with Gasteiger partial charge in [0, 0.05) is 0 Å². The van der Waals surface area contributed by atoms with Gasteiger partial charge in [0.25, 0.3) is 0 Å². The zero-order chi connectivity index (χ0) is 5.70. The molecule has 0 rings (SSSR count). The third kappa shape index (κ3) is 4.82. The van der Waals surface area contributed by atoms with Crippen molar-refractivity contribution in [2.75, 3.05) is 0 Å². The van der Waals surface area contributed by atoms with Gasteiger partial charge in [0.15, 0.2) is 0 Å². The van der Waals surface area contributed by atoms with Crippen molar-refractivity contribution < 1.29 is 16.7 Å². The van der Waals surface area contributed by atoms with Gasteiger partial charge in [-0.2, -0.15) is 0 Å². The molecule has 9 N–H and O–H groups in total. The van der Waals surface area contributed by atoms with E-state index in [0.717, 1.165) is 0 Å². The first-order valence-corrected chi connectivity index (χ1v) is 4.00. The van der Waals surface area contributed by atoms with Gasteiger partial charge in [0.05, 0.1) is 0 Å². The van der Waals surface area contributed by atoms with Crippen LogP contribution in [0.15, 0.2) is 0 Å². The zero-order valence-corrected chi connectivity index (χ0v) is 6.55. The Morgan fingerprint density at radius 3 is 1.12 bits per heavy atom. The minimum absolute atomic E-state index is 0. The van der Waals surface area contributed by atoms with Crippen LogP contribution in [-0.2, 0) is 16.7 Å². The van der Waals surface area contributed by atoms with E-state index < -0.39 is 16.7 Å². The van der Waals surface area contributed by atoms with Gasteiger partial charge in [-0.05, 0) is 0 Å². The van der Waals surface area contributed by atoms with Gasteiger partial charge in [0.2, 0.25) is 0 Å². The summed E-state index contributed by atoms with van der Waals surface area (Å²) in [5.74, 6) is 14.8. The first-order chi connectivity index (χ1) is 3.35. The van der Waals surface area contributed by atoms with Crippen LogP contribution in [0.2, 0.25) is 0 Å². The van der Waals surface area contributed by atoms with Crippen LogP contribution in [0, 0.1) is 0 Å². The van der Waals surface area contributed by atoms with Gasteiger partial charge in [-0.25, -0.2) is 0 Å². The SMILES string of the molecule is Cl.N[NH][Ru]([NH]N)[NH]N. The molecule has 0 atom stereocenters. The van der Waals surface area contributed by atoms with Crippen molar-refractivity contribution in [3.8, 4) is 0 Å². The van der Waals surface area contributed by atoms with Crippen LogP contribution >= 0.6 is 12.4 Å². The average Bonchev–Trinajstić information content (AvgIpc) is 1.72. The minimum atomic E-state index is -1.62. The van der Waals surface area contributed by atoms with E-state index in [1.165, 1.54) is 0 Å². The van der Waals surface area contributed by atoms with Crippen LogP contribution in [0.3, 0.4) is 0 Å². The predicted octanol–water partition coefficient (Wildman–Crippen LogP) is -2.84. The van der Waals surface area contributed by atoms with Crippen LogP contribution in [0.1, 0.15) is 0 Å². The number of nitrogens with two attached hydrogens (primary N) is 3. The summed E-state index contributed by atoms with van der Waals surface area (Å²) in [5, 5.41) is 0. The van der Waals surface area contributed by atoms with Crippen molar-refractivity contribution in [1.82, 2.24) is 12.5 Å². The van der Waals surface area contributed by atoms with E-state index in [2.05, 4.69) is 12.5 Å². The van der Waals surface area contributed by atoms with Crippen LogP contribution in [0.5, 0.6) is 0 Å². The second-order valence-electron chi connectivity index (χ2n) is 0.571. The van der Waals surface area contributed by atoms with Gasteiger partial charge in [-0.3, -0.25) is 0 Å². The fourth-order valence-corrected chi connectivity index (χ4v) is 0.523. The molecule has 0 spiro atoms. The number of rotatable bonds is 3. The number of hydrogen-bond donors (Lipinski definition) is 6. The second kappa shape index (κ2) is 7.67. The molecule has 8 heteroatoms. The molecule has 0 unspecified atom stereocenters. The van der Waals surface area contributed by atoms with Gasteiger partial charge in [-0.1, -0.05) is 0 Å². The van der Waals surface area contributed by atoms with Crippen molar-refractivity contribution in [1.29, 1.82) is 0 Å². The third-order valence-electron chi connectivity index (χ3n) is 0.306. The molecular weight excluding hydrogens is 221 g/mol. The molecule has 8 heavy (non-hydrogen) atoms. The molecule has 0 heterocycles. The molecule has 0 aromatic carbocycles. The van der Waals surface area contributed by atoms with E-state index in [0.29, 0.717) is 0 Å². The molecule has 55 valence electrons. The molecule has 6 nitrogen and oxygen atoms in total. The predicted molar refractivity (Wildman–Crippen MR) is 29.2 cm³/mol. The number of hydrogen-bond acceptors (Lipinski definition) is 6. The summed E-state index contributed by atoms with van der Waals surface area (Å²) in [7, 11) is 0. The van der Waals surface area contributed by atoms with Crippen LogP contribution in [-0.4, -0.2) is 0 Å². The standard InChI is InChI=1S/ClH.3H3N2.Ru/c;3*1-2;/h1H;3*1H,2H2;/q;3*-1;+3. The number of halogens is 1. The molecular formula is H10ClN6Ru. The van der Waals surface area contributed by atoms with Gasteiger partial charge >= 0.3 is 46.7 Å². The van der Waals surface area contributed by atoms with E-state index >= 15 is 0 Å². The van der Waals surface area contributed by atoms with E-state index in [1.54, 1.807) is 0 Å². The number of nitrogens with one attached hydrogen (secondary N) is 3. The maximum atomic E-state index is 4.92. The van der Waals surface area contributed by atoms with Crippen LogP contribution in [0.25, 0.3) is 0 Å². The first-order valence-electron chi connectivity index (χ1n) is 1.40. The Morgan fingerprint density at radius 1 is 0.875 bits per heavy atom. The quantitative estimate of drug-likeness (QED) is 0.177. The maximum absolute atomic E-state index is 4.92. The molecule has 0 amide bonds. The summed E-state index contributed by atoms with van der Waals surface area (Å²) < 4.78 is 7.12. The molecule has 0 aliphatic heterocycles. The van der Waals surface area contributed by atoms with Gasteiger partial charge < -0.3 is 0 Å². The monoisotopic (exact) mass is 231 g/mol. The van der Waals surface area contributed by atoms with Crippen molar-refractivity contribution in [2.45, 2.75) is 0 Å². The van der Waals surface area contributed by atoms with E-state index in [9.17, 15) is 0 Å². The summed E-state index contributed by atoms with van der Waals surface area (Å²) in [4.78, 5) is 0. The summed E-state index contributed by atoms with van der Waals surface area (Å²) in [6, 6.07) is 0. The fourth-order valence-electron chi connectivity index (χ4n) is 0.0884. The van der Waals surface area contributed by atoms with Crippen molar-refractivity contribution >= 4 is 12.4 Å². The van der Waals surface area contributed by atoms with Gasteiger partial charge in [-0.15, -0.1) is 12.4 Å². The summed E-state index contributed by atoms with van der Waals surface area (Å²) in [6.45, 7) is 0. The van der Waals surface area contributed by atoms with Crippen molar-refractivity contribution in [2.24, 2.45) is 17.5 Å². The molecule has 0 aromatic heterocycles. The molecule has 0 saturated heterocycles. The Hall–Kier alpha value is 0.673. The summed E-state index contributed by atoms with van der Waals surface area (Å²) >= 11 is -1.62. The summed E-state index contributed by atoms with van der Waals surface area (Å²) in [5.41, 5.74) is 0. The van der Waals surface area contributed by atoms with E-state index in [-0.39, 0.29) is 12.4 Å². The topological polar surface area (TPSA) is 114 Å². The van der Waals surface area contributed by atoms with Crippen molar-refractivity contribution in [3.05, 3.63) is 0 Å². The molecule has 0 aliphatic rings.